The highest BCUT2D eigenvalue weighted by molar-refractivity contribution is 7.90. The number of amides is 1. The smallest absolute Gasteiger partial charge is 0.228 e. The molecule has 0 aliphatic heterocycles. The van der Waals surface area contributed by atoms with Crippen molar-refractivity contribution >= 4 is 32.2 Å². The predicted octanol–water partition coefficient (Wildman–Crippen LogP) is 3.42. The minimum Gasteiger partial charge on any atom is -0.326 e. The van der Waals surface area contributed by atoms with Gasteiger partial charge in [0.25, 0.3) is 0 Å². The Balaban J connectivity index is 1.70. The number of hydrogen-bond donors (Lipinski definition) is 1. The number of sulfone groups is 1. The molecular weight excluding hydrogens is 322 g/mol. The maximum absolute atomic E-state index is 12.2. The molecule has 3 aromatic carbocycles. The third kappa shape index (κ3) is 3.81. The lowest BCUT2D eigenvalue weighted by molar-refractivity contribution is -0.115. The first-order chi connectivity index (χ1) is 11.4. The van der Waals surface area contributed by atoms with Gasteiger partial charge < -0.3 is 5.32 Å². The zero-order valence-electron chi connectivity index (χ0n) is 13.2. The van der Waals surface area contributed by atoms with Gasteiger partial charge in [-0.15, -0.1) is 0 Å². The average molecular weight is 339 g/mol. The third-order valence-corrected chi connectivity index (χ3v) is 4.87. The number of hydrogen-bond acceptors (Lipinski definition) is 3. The SMILES string of the molecule is CS(=O)(=O)c1ccc(NC(=O)Cc2ccc3ccccc3c2)cc1. The van der Waals surface area contributed by atoms with Crippen molar-refractivity contribution < 1.29 is 13.2 Å². The first-order valence-electron chi connectivity index (χ1n) is 7.49. The number of benzene rings is 3. The number of nitrogens with one attached hydrogen (secondary N) is 1. The molecule has 0 aromatic heterocycles. The third-order valence-electron chi connectivity index (χ3n) is 3.74. The molecule has 0 saturated carbocycles. The molecule has 0 saturated heterocycles. The Hall–Kier alpha value is -2.66. The Labute approximate surface area is 141 Å². The number of carbonyl (C=O) groups is 1. The van der Waals surface area contributed by atoms with Crippen molar-refractivity contribution in [1.82, 2.24) is 0 Å². The molecule has 1 amide bonds. The van der Waals surface area contributed by atoms with Crippen LogP contribution in [-0.2, 0) is 21.1 Å². The topological polar surface area (TPSA) is 63.2 Å². The lowest BCUT2D eigenvalue weighted by atomic mass is 10.0. The van der Waals surface area contributed by atoms with Gasteiger partial charge in [-0.05, 0) is 40.6 Å². The van der Waals surface area contributed by atoms with Crippen LogP contribution in [0.2, 0.25) is 0 Å². The first-order valence-corrected chi connectivity index (χ1v) is 9.39. The van der Waals surface area contributed by atoms with Gasteiger partial charge >= 0.3 is 0 Å². The van der Waals surface area contributed by atoms with E-state index in [0.717, 1.165) is 22.6 Å². The van der Waals surface area contributed by atoms with E-state index in [-0.39, 0.29) is 17.2 Å². The largest absolute Gasteiger partial charge is 0.326 e. The number of anilines is 1. The lowest BCUT2D eigenvalue weighted by Crippen LogP contribution is -2.14. The molecular formula is C19H17NO3S. The molecule has 24 heavy (non-hydrogen) atoms. The standard InChI is InChI=1S/C19H17NO3S/c1-24(22,23)18-10-8-17(9-11-18)20-19(21)13-14-6-7-15-4-2-3-5-16(15)12-14/h2-12H,13H2,1H3,(H,20,21). The van der Waals surface area contributed by atoms with Gasteiger partial charge in [-0.2, -0.15) is 0 Å². The van der Waals surface area contributed by atoms with Crippen LogP contribution in [0.5, 0.6) is 0 Å². The van der Waals surface area contributed by atoms with Crippen LogP contribution < -0.4 is 5.32 Å². The summed E-state index contributed by atoms with van der Waals surface area (Å²) in [4.78, 5) is 12.4. The highest BCUT2D eigenvalue weighted by Crippen LogP contribution is 2.17. The Bertz CT molecular complexity index is 993. The maximum Gasteiger partial charge on any atom is 0.228 e. The van der Waals surface area contributed by atoms with Gasteiger partial charge in [-0.3, -0.25) is 4.79 Å². The van der Waals surface area contributed by atoms with Crippen LogP contribution in [-0.4, -0.2) is 20.6 Å². The van der Waals surface area contributed by atoms with E-state index in [1.165, 1.54) is 12.1 Å². The van der Waals surface area contributed by atoms with Crippen LogP contribution in [0.25, 0.3) is 10.8 Å². The van der Waals surface area contributed by atoms with Gasteiger partial charge in [-0.25, -0.2) is 8.42 Å². The van der Waals surface area contributed by atoms with Crippen molar-refractivity contribution in [2.45, 2.75) is 11.3 Å². The summed E-state index contributed by atoms with van der Waals surface area (Å²) in [7, 11) is -3.23. The summed E-state index contributed by atoms with van der Waals surface area (Å²) in [6.45, 7) is 0. The van der Waals surface area contributed by atoms with Crippen molar-refractivity contribution in [2.24, 2.45) is 0 Å². The van der Waals surface area contributed by atoms with Gasteiger partial charge in [0.05, 0.1) is 11.3 Å². The molecule has 0 aliphatic rings. The number of rotatable bonds is 4. The van der Waals surface area contributed by atoms with Crippen LogP contribution >= 0.6 is 0 Å². The van der Waals surface area contributed by atoms with Crippen LogP contribution in [0.15, 0.2) is 71.6 Å². The van der Waals surface area contributed by atoms with Gasteiger partial charge in [0, 0.05) is 11.9 Å². The summed E-state index contributed by atoms with van der Waals surface area (Å²) in [6.07, 6.45) is 1.42. The minimum atomic E-state index is -3.23. The van der Waals surface area contributed by atoms with Crippen LogP contribution in [0.1, 0.15) is 5.56 Å². The Kier molecular flexibility index (Phi) is 4.36. The van der Waals surface area contributed by atoms with Gasteiger partial charge in [-0.1, -0.05) is 42.5 Å². The zero-order valence-corrected chi connectivity index (χ0v) is 14.0. The summed E-state index contributed by atoms with van der Waals surface area (Å²) >= 11 is 0. The maximum atomic E-state index is 12.2. The van der Waals surface area contributed by atoms with Gasteiger partial charge in [0.2, 0.25) is 5.91 Å². The van der Waals surface area contributed by atoms with Crippen molar-refractivity contribution in [3.05, 3.63) is 72.3 Å². The van der Waals surface area contributed by atoms with E-state index in [0.29, 0.717) is 5.69 Å². The molecule has 0 atom stereocenters. The van der Waals surface area contributed by atoms with Crippen molar-refractivity contribution in [2.75, 3.05) is 11.6 Å². The van der Waals surface area contributed by atoms with E-state index in [1.807, 2.05) is 42.5 Å². The van der Waals surface area contributed by atoms with Crippen molar-refractivity contribution in [3.8, 4) is 0 Å². The highest BCUT2D eigenvalue weighted by Gasteiger charge is 2.08. The Morgan fingerprint density at radius 1 is 0.917 bits per heavy atom. The molecule has 0 bridgehead atoms. The van der Waals surface area contributed by atoms with Crippen LogP contribution in [0.4, 0.5) is 5.69 Å². The van der Waals surface area contributed by atoms with E-state index >= 15 is 0 Å². The summed E-state index contributed by atoms with van der Waals surface area (Å²) in [5.74, 6) is -0.141. The van der Waals surface area contributed by atoms with Gasteiger partial charge in [0.15, 0.2) is 9.84 Å². The van der Waals surface area contributed by atoms with Crippen molar-refractivity contribution in [1.29, 1.82) is 0 Å². The molecule has 122 valence electrons. The Morgan fingerprint density at radius 3 is 2.25 bits per heavy atom. The summed E-state index contributed by atoms with van der Waals surface area (Å²) in [5, 5.41) is 5.02. The van der Waals surface area contributed by atoms with Crippen LogP contribution in [0, 0.1) is 0 Å². The first kappa shape index (κ1) is 16.2. The Morgan fingerprint density at radius 2 is 1.58 bits per heavy atom. The second-order valence-electron chi connectivity index (χ2n) is 5.70. The number of carbonyl (C=O) groups excluding carboxylic acids is 1. The van der Waals surface area contributed by atoms with E-state index < -0.39 is 9.84 Å². The van der Waals surface area contributed by atoms with Crippen molar-refractivity contribution in [3.63, 3.8) is 0 Å². The molecule has 0 unspecified atom stereocenters. The molecule has 1 N–H and O–H groups in total. The summed E-state index contributed by atoms with van der Waals surface area (Å²) < 4.78 is 22.9. The van der Waals surface area contributed by atoms with E-state index in [2.05, 4.69) is 5.32 Å². The fourth-order valence-corrected chi connectivity index (χ4v) is 3.16. The quantitative estimate of drug-likeness (QED) is 0.792. The molecule has 5 heteroatoms. The summed E-state index contributed by atoms with van der Waals surface area (Å²) in [5.41, 5.74) is 1.51. The molecule has 4 nitrogen and oxygen atoms in total. The van der Waals surface area contributed by atoms with E-state index in [1.54, 1.807) is 12.1 Å². The second kappa shape index (κ2) is 6.45. The zero-order chi connectivity index (χ0) is 17.2. The molecule has 0 fully saturated rings. The van der Waals surface area contributed by atoms with Gasteiger partial charge in [0.1, 0.15) is 0 Å². The van der Waals surface area contributed by atoms with E-state index in [4.69, 9.17) is 0 Å². The molecule has 0 spiro atoms. The minimum absolute atomic E-state index is 0.141. The molecule has 0 heterocycles. The monoisotopic (exact) mass is 339 g/mol. The number of fused-ring (bicyclic) bond motifs is 1. The molecule has 3 rings (SSSR count). The lowest BCUT2D eigenvalue weighted by Gasteiger charge is -2.07. The fraction of sp³-hybridized carbons (Fsp3) is 0.105. The molecule has 0 radical (unpaired) electrons. The van der Waals surface area contributed by atoms with Crippen LogP contribution in [0.3, 0.4) is 0 Å². The second-order valence-corrected chi connectivity index (χ2v) is 7.72. The highest BCUT2D eigenvalue weighted by atomic mass is 32.2. The normalized spacial score (nSPS) is 11.4. The average Bonchev–Trinajstić information content (AvgIpc) is 2.54. The predicted molar refractivity (Wildman–Crippen MR) is 95.8 cm³/mol. The summed E-state index contributed by atoms with van der Waals surface area (Å²) in [6, 6.07) is 20.1. The fourth-order valence-electron chi connectivity index (χ4n) is 2.52. The van der Waals surface area contributed by atoms with E-state index in [9.17, 15) is 13.2 Å². The molecule has 0 aliphatic carbocycles. The molecule has 3 aromatic rings.